The molecule has 0 radical (unpaired) electrons. The minimum absolute atomic E-state index is 0.00407. The number of amides is 1. The number of anilines is 1. The van der Waals surface area contributed by atoms with Crippen LogP contribution >= 0.6 is 11.3 Å². The van der Waals surface area contributed by atoms with Crippen molar-refractivity contribution in [1.82, 2.24) is 9.80 Å². The lowest BCUT2D eigenvalue weighted by atomic mass is 10.2. The summed E-state index contributed by atoms with van der Waals surface area (Å²) < 4.78 is 41.3. The molecule has 1 aliphatic heterocycles. The van der Waals surface area contributed by atoms with E-state index >= 15 is 0 Å². The monoisotopic (exact) mass is 523 g/mol. The summed E-state index contributed by atoms with van der Waals surface area (Å²) in [6.45, 7) is 3.86. The molecule has 1 aliphatic rings. The van der Waals surface area contributed by atoms with Crippen molar-refractivity contribution in [2.75, 3.05) is 37.5 Å². The molecule has 3 aromatic carbocycles. The average molecular weight is 524 g/mol. The summed E-state index contributed by atoms with van der Waals surface area (Å²) in [6, 6.07) is 22.2. The first-order valence-electron chi connectivity index (χ1n) is 11.6. The van der Waals surface area contributed by atoms with Crippen molar-refractivity contribution in [2.24, 2.45) is 0 Å². The molecule has 5 rings (SSSR count). The normalized spacial score (nSPS) is 14.8. The second-order valence-electron chi connectivity index (χ2n) is 8.81. The number of carbonyl (C=O) groups excluding carboxylic acids is 1. The maximum Gasteiger partial charge on any atom is 0.264 e. The molecule has 0 unspecified atom stereocenters. The highest BCUT2D eigenvalue weighted by atomic mass is 32.2. The molecule has 1 amide bonds. The highest BCUT2D eigenvalue weighted by Crippen LogP contribution is 2.32. The van der Waals surface area contributed by atoms with Crippen molar-refractivity contribution in [2.45, 2.75) is 11.4 Å². The first-order valence-corrected chi connectivity index (χ1v) is 13.9. The van der Waals surface area contributed by atoms with Crippen LogP contribution in [0.3, 0.4) is 0 Å². The third-order valence-electron chi connectivity index (χ3n) is 6.45. The topological polar surface area (TPSA) is 60.9 Å². The lowest BCUT2D eigenvalue weighted by Gasteiger charge is -2.34. The molecule has 4 aromatic rings. The quantitative estimate of drug-likeness (QED) is 0.364. The summed E-state index contributed by atoms with van der Waals surface area (Å²) in [7, 11) is -2.38. The highest BCUT2D eigenvalue weighted by molar-refractivity contribution is 7.92. The lowest BCUT2D eigenvalue weighted by Crippen LogP contribution is -2.48. The lowest BCUT2D eigenvalue weighted by molar-refractivity contribution is 0.0633. The Bertz CT molecular complexity index is 1480. The van der Waals surface area contributed by atoms with E-state index in [0.717, 1.165) is 41.9 Å². The van der Waals surface area contributed by atoms with E-state index in [1.165, 1.54) is 40.4 Å². The van der Waals surface area contributed by atoms with Crippen LogP contribution in [0.2, 0.25) is 0 Å². The van der Waals surface area contributed by atoms with Crippen LogP contribution in [0.1, 0.15) is 15.2 Å². The zero-order valence-electron chi connectivity index (χ0n) is 19.8. The van der Waals surface area contributed by atoms with Crippen LogP contribution in [0, 0.1) is 5.82 Å². The molecule has 36 heavy (non-hydrogen) atoms. The van der Waals surface area contributed by atoms with Crippen molar-refractivity contribution in [3.8, 4) is 0 Å². The molecule has 9 heteroatoms. The van der Waals surface area contributed by atoms with Gasteiger partial charge in [-0.15, -0.1) is 11.3 Å². The van der Waals surface area contributed by atoms with Crippen LogP contribution in [0.25, 0.3) is 10.1 Å². The van der Waals surface area contributed by atoms with Gasteiger partial charge in [0.05, 0.1) is 15.5 Å². The van der Waals surface area contributed by atoms with E-state index in [1.807, 2.05) is 35.2 Å². The predicted molar refractivity (Wildman–Crippen MR) is 141 cm³/mol. The van der Waals surface area contributed by atoms with Crippen LogP contribution < -0.4 is 4.31 Å². The molecule has 0 N–H and O–H groups in total. The fourth-order valence-electron chi connectivity index (χ4n) is 4.34. The molecule has 186 valence electrons. The molecule has 2 heterocycles. The van der Waals surface area contributed by atoms with Gasteiger partial charge in [0, 0.05) is 44.5 Å². The number of nitrogens with zero attached hydrogens (tertiary/aromatic N) is 3. The van der Waals surface area contributed by atoms with Gasteiger partial charge in [0.25, 0.3) is 15.9 Å². The Labute approximate surface area is 214 Å². The van der Waals surface area contributed by atoms with Crippen LogP contribution in [0.15, 0.2) is 83.8 Å². The summed E-state index contributed by atoms with van der Waals surface area (Å²) in [5.41, 5.74) is 1.74. The minimum atomic E-state index is -3.84. The largest absolute Gasteiger partial charge is 0.335 e. The smallest absolute Gasteiger partial charge is 0.264 e. The average Bonchev–Trinajstić information content (AvgIpc) is 3.32. The van der Waals surface area contributed by atoms with Gasteiger partial charge in [-0.1, -0.05) is 30.3 Å². The second kappa shape index (κ2) is 10.0. The Kier molecular flexibility index (Phi) is 6.79. The fourth-order valence-corrected chi connectivity index (χ4v) is 6.54. The van der Waals surface area contributed by atoms with Gasteiger partial charge in [0.2, 0.25) is 0 Å². The van der Waals surface area contributed by atoms with Crippen molar-refractivity contribution in [1.29, 1.82) is 0 Å². The van der Waals surface area contributed by atoms with Crippen LogP contribution in [0.4, 0.5) is 10.1 Å². The predicted octanol–water partition coefficient (Wildman–Crippen LogP) is 4.82. The van der Waals surface area contributed by atoms with Gasteiger partial charge in [-0.2, -0.15) is 0 Å². The van der Waals surface area contributed by atoms with Crippen molar-refractivity contribution in [3.05, 3.63) is 95.1 Å². The first kappa shape index (κ1) is 24.4. The second-order valence-corrected chi connectivity index (χ2v) is 11.9. The Hall–Kier alpha value is -3.27. The number of benzene rings is 3. The van der Waals surface area contributed by atoms with E-state index in [4.69, 9.17) is 0 Å². The number of sulfonamides is 1. The number of fused-ring (bicyclic) bond motifs is 1. The van der Waals surface area contributed by atoms with E-state index in [1.54, 1.807) is 12.1 Å². The van der Waals surface area contributed by atoms with Gasteiger partial charge in [0.15, 0.2) is 0 Å². The maximum absolute atomic E-state index is 13.2. The molecule has 1 fully saturated rings. The standard InChI is InChI=1S/C27H26FN3O3S2/c1-29(36(33,34)24-10-7-22(28)8-11-24)23-9-12-25-21(17-23)18-26(35-25)27(32)31-15-13-30(14-16-31)19-20-5-3-2-4-6-20/h2-12,17-18H,13-16,19H2,1H3. The molecular formula is C27H26FN3O3S2. The number of carbonyl (C=O) groups is 1. The summed E-state index contributed by atoms with van der Waals surface area (Å²) in [4.78, 5) is 18.1. The summed E-state index contributed by atoms with van der Waals surface area (Å²) in [6.07, 6.45) is 0. The van der Waals surface area contributed by atoms with Gasteiger partial charge in [-0.25, -0.2) is 12.8 Å². The third kappa shape index (κ3) is 5.00. The molecule has 0 aliphatic carbocycles. The molecule has 0 atom stereocenters. The third-order valence-corrected chi connectivity index (χ3v) is 9.36. The Balaban J connectivity index is 1.28. The molecule has 1 aromatic heterocycles. The van der Waals surface area contributed by atoms with Crippen LogP contribution in [0.5, 0.6) is 0 Å². The Morgan fingerprint density at radius 3 is 2.33 bits per heavy atom. The SMILES string of the molecule is CN(c1ccc2sc(C(=O)N3CCN(Cc4ccccc4)CC3)cc2c1)S(=O)(=O)c1ccc(F)cc1. The van der Waals surface area contributed by atoms with E-state index in [2.05, 4.69) is 17.0 Å². The van der Waals surface area contributed by atoms with Gasteiger partial charge < -0.3 is 4.90 Å². The maximum atomic E-state index is 13.2. The van der Waals surface area contributed by atoms with Crippen molar-refractivity contribution < 1.29 is 17.6 Å². The van der Waals surface area contributed by atoms with Crippen molar-refractivity contribution >= 4 is 43.0 Å². The van der Waals surface area contributed by atoms with Gasteiger partial charge >= 0.3 is 0 Å². The molecular weight excluding hydrogens is 497 g/mol. The molecule has 6 nitrogen and oxygen atoms in total. The zero-order chi connectivity index (χ0) is 25.3. The van der Waals surface area contributed by atoms with Gasteiger partial charge in [-0.05, 0) is 59.5 Å². The van der Waals surface area contributed by atoms with E-state index < -0.39 is 15.8 Å². The van der Waals surface area contributed by atoms with Gasteiger partial charge in [-0.3, -0.25) is 14.0 Å². The summed E-state index contributed by atoms with van der Waals surface area (Å²) in [5.74, 6) is -0.490. The Morgan fingerprint density at radius 1 is 0.944 bits per heavy atom. The number of rotatable bonds is 6. The number of piperazine rings is 1. The number of halogens is 1. The number of thiophene rings is 1. The zero-order valence-corrected chi connectivity index (χ0v) is 21.4. The molecule has 0 bridgehead atoms. The molecule has 1 saturated heterocycles. The summed E-state index contributed by atoms with van der Waals surface area (Å²) in [5, 5.41) is 0.810. The van der Waals surface area contributed by atoms with Crippen LogP contribution in [-0.4, -0.2) is 57.4 Å². The number of hydrogen-bond acceptors (Lipinski definition) is 5. The fraction of sp³-hybridized carbons (Fsp3) is 0.222. The van der Waals surface area contributed by atoms with Crippen LogP contribution in [-0.2, 0) is 16.6 Å². The molecule has 0 saturated carbocycles. The molecule has 0 spiro atoms. The van der Waals surface area contributed by atoms with E-state index in [9.17, 15) is 17.6 Å². The van der Waals surface area contributed by atoms with E-state index in [-0.39, 0.29) is 10.8 Å². The number of hydrogen-bond donors (Lipinski definition) is 0. The van der Waals surface area contributed by atoms with E-state index in [0.29, 0.717) is 23.7 Å². The first-order chi connectivity index (χ1) is 17.3. The minimum Gasteiger partial charge on any atom is -0.335 e. The van der Waals surface area contributed by atoms with Crippen molar-refractivity contribution in [3.63, 3.8) is 0 Å². The Morgan fingerprint density at radius 2 is 1.64 bits per heavy atom. The highest BCUT2D eigenvalue weighted by Gasteiger charge is 2.25. The van der Waals surface area contributed by atoms with Gasteiger partial charge in [0.1, 0.15) is 5.82 Å². The summed E-state index contributed by atoms with van der Waals surface area (Å²) >= 11 is 1.41.